The van der Waals surface area contributed by atoms with Crippen molar-refractivity contribution in [2.75, 3.05) is 33.4 Å². The second kappa shape index (κ2) is 9.71. The number of carbonyl (C=O) groups excluding carboxylic acids is 1. The van der Waals surface area contributed by atoms with Crippen molar-refractivity contribution in [3.05, 3.63) is 29.6 Å². The molecule has 2 aliphatic rings. The minimum Gasteiger partial charge on any atom is -0.490 e. The van der Waals surface area contributed by atoms with Gasteiger partial charge < -0.3 is 20.1 Å². The van der Waals surface area contributed by atoms with Crippen LogP contribution >= 0.6 is 12.4 Å². The van der Waals surface area contributed by atoms with Crippen molar-refractivity contribution in [1.29, 1.82) is 0 Å². The third kappa shape index (κ3) is 5.56. The number of benzene rings is 1. The van der Waals surface area contributed by atoms with E-state index in [9.17, 15) is 9.18 Å². The maximum Gasteiger partial charge on any atom is 0.229 e. The highest BCUT2D eigenvalue weighted by molar-refractivity contribution is 5.85. The number of halogens is 2. The summed E-state index contributed by atoms with van der Waals surface area (Å²) in [6, 6.07) is 4.66. The van der Waals surface area contributed by atoms with E-state index in [0.29, 0.717) is 19.1 Å². The van der Waals surface area contributed by atoms with E-state index in [4.69, 9.17) is 9.47 Å². The summed E-state index contributed by atoms with van der Waals surface area (Å²) in [5.41, 5.74) is 0.219. The number of rotatable bonds is 8. The molecule has 1 unspecified atom stereocenters. The van der Waals surface area contributed by atoms with E-state index in [1.54, 1.807) is 13.2 Å². The topological polar surface area (TPSA) is 59.6 Å². The Labute approximate surface area is 166 Å². The molecule has 1 aliphatic carbocycles. The van der Waals surface area contributed by atoms with Gasteiger partial charge in [0.2, 0.25) is 5.91 Å². The zero-order valence-corrected chi connectivity index (χ0v) is 16.9. The van der Waals surface area contributed by atoms with E-state index in [-0.39, 0.29) is 35.9 Å². The molecular weight excluding hydrogens is 371 g/mol. The van der Waals surface area contributed by atoms with Crippen molar-refractivity contribution >= 4 is 18.3 Å². The Morgan fingerprint density at radius 2 is 2.07 bits per heavy atom. The Morgan fingerprint density at radius 1 is 1.37 bits per heavy atom. The molecule has 1 aromatic carbocycles. The Morgan fingerprint density at radius 3 is 2.67 bits per heavy atom. The van der Waals surface area contributed by atoms with Crippen molar-refractivity contribution in [1.82, 2.24) is 10.6 Å². The maximum absolute atomic E-state index is 14.3. The van der Waals surface area contributed by atoms with Crippen LogP contribution in [0.2, 0.25) is 0 Å². The molecule has 2 fully saturated rings. The van der Waals surface area contributed by atoms with E-state index in [1.165, 1.54) is 18.9 Å². The summed E-state index contributed by atoms with van der Waals surface area (Å²) >= 11 is 0. The number of hydrogen-bond acceptors (Lipinski definition) is 4. The van der Waals surface area contributed by atoms with E-state index in [0.717, 1.165) is 31.5 Å². The van der Waals surface area contributed by atoms with Gasteiger partial charge in [0.05, 0.1) is 24.7 Å². The predicted octanol–water partition coefficient (Wildman–Crippen LogP) is 3.23. The Balaban J connectivity index is 0.00000261. The molecule has 1 aromatic rings. The van der Waals surface area contributed by atoms with Gasteiger partial charge in [-0.2, -0.15) is 0 Å². The predicted molar refractivity (Wildman–Crippen MR) is 105 cm³/mol. The summed E-state index contributed by atoms with van der Waals surface area (Å²) in [5.74, 6) is 0.461. The zero-order valence-electron chi connectivity index (χ0n) is 16.1. The van der Waals surface area contributed by atoms with Gasteiger partial charge >= 0.3 is 0 Å². The molecule has 0 aromatic heterocycles. The molecule has 0 spiro atoms. The van der Waals surface area contributed by atoms with Gasteiger partial charge in [-0.3, -0.25) is 4.79 Å². The molecule has 7 heteroatoms. The second-order valence-corrected chi connectivity index (χ2v) is 7.60. The monoisotopic (exact) mass is 400 g/mol. The molecule has 0 bridgehead atoms. The van der Waals surface area contributed by atoms with E-state index < -0.39 is 5.41 Å². The largest absolute Gasteiger partial charge is 0.490 e. The maximum atomic E-state index is 14.3. The molecule has 2 N–H and O–H groups in total. The van der Waals surface area contributed by atoms with Gasteiger partial charge in [0.25, 0.3) is 0 Å². The van der Waals surface area contributed by atoms with Gasteiger partial charge in [-0.15, -0.1) is 12.4 Å². The lowest BCUT2D eigenvalue weighted by Crippen LogP contribution is -2.50. The van der Waals surface area contributed by atoms with E-state index in [2.05, 4.69) is 10.6 Å². The van der Waals surface area contributed by atoms with Gasteiger partial charge in [0.15, 0.2) is 11.6 Å². The van der Waals surface area contributed by atoms with Crippen LogP contribution in [0.15, 0.2) is 18.2 Å². The number of methoxy groups -OCH3 is 1. The molecule has 0 radical (unpaired) electrons. The fraction of sp³-hybridized carbons (Fsp3) is 0.650. The summed E-state index contributed by atoms with van der Waals surface area (Å²) in [7, 11) is 1.62. The average molecular weight is 401 g/mol. The Hall–Kier alpha value is -1.37. The van der Waals surface area contributed by atoms with E-state index >= 15 is 0 Å². The average Bonchev–Trinajstić information content (AvgIpc) is 3.46. The Bertz CT molecular complexity index is 628. The number of ether oxygens (including phenoxy) is 2. The molecule has 1 aliphatic heterocycles. The van der Waals surface area contributed by atoms with Crippen LogP contribution in [0.1, 0.15) is 44.2 Å². The molecule has 3 rings (SSSR count). The van der Waals surface area contributed by atoms with Gasteiger partial charge in [-0.25, -0.2) is 4.39 Å². The Kier molecular flexibility index (Phi) is 7.89. The first-order valence-corrected chi connectivity index (χ1v) is 9.47. The quantitative estimate of drug-likeness (QED) is 0.703. The van der Waals surface area contributed by atoms with Crippen LogP contribution in [-0.4, -0.2) is 39.3 Å². The van der Waals surface area contributed by atoms with Crippen LogP contribution in [0.25, 0.3) is 0 Å². The molecule has 152 valence electrons. The third-order valence-corrected chi connectivity index (χ3v) is 5.44. The highest BCUT2D eigenvalue weighted by Gasteiger charge is 2.40. The normalized spacial score (nSPS) is 19.7. The van der Waals surface area contributed by atoms with Crippen molar-refractivity contribution in [2.24, 2.45) is 11.3 Å². The summed E-state index contributed by atoms with van der Waals surface area (Å²) < 4.78 is 25.2. The zero-order chi connectivity index (χ0) is 18.6. The lowest BCUT2D eigenvalue weighted by Gasteiger charge is -2.36. The molecule has 27 heavy (non-hydrogen) atoms. The van der Waals surface area contributed by atoms with Crippen molar-refractivity contribution in [3.63, 3.8) is 0 Å². The minimum absolute atomic E-state index is 0. The van der Waals surface area contributed by atoms with Crippen molar-refractivity contribution in [2.45, 2.75) is 38.6 Å². The number of nitrogens with one attached hydrogen (secondary N) is 2. The molecule has 1 saturated heterocycles. The fourth-order valence-electron chi connectivity index (χ4n) is 3.45. The first kappa shape index (κ1) is 21.9. The van der Waals surface area contributed by atoms with Gasteiger partial charge in [0.1, 0.15) is 0 Å². The third-order valence-electron chi connectivity index (χ3n) is 5.44. The van der Waals surface area contributed by atoms with Crippen LogP contribution in [0, 0.1) is 17.2 Å². The van der Waals surface area contributed by atoms with Gasteiger partial charge in [-0.05, 0) is 69.3 Å². The number of amides is 1. The SMILES string of the molecule is COCC1(C(=O)NC(C)c2ccc(OCC3CC3)c(F)c2)CCNCC1.Cl. The highest BCUT2D eigenvalue weighted by atomic mass is 35.5. The smallest absolute Gasteiger partial charge is 0.229 e. The summed E-state index contributed by atoms with van der Waals surface area (Å²) in [6.45, 7) is 4.45. The second-order valence-electron chi connectivity index (χ2n) is 7.60. The molecule has 5 nitrogen and oxygen atoms in total. The summed E-state index contributed by atoms with van der Waals surface area (Å²) in [5, 5.41) is 6.32. The van der Waals surface area contributed by atoms with Crippen LogP contribution in [-0.2, 0) is 9.53 Å². The molecule has 1 heterocycles. The van der Waals surface area contributed by atoms with Crippen LogP contribution in [0.4, 0.5) is 4.39 Å². The molecule has 1 saturated carbocycles. The minimum atomic E-state index is -0.514. The summed E-state index contributed by atoms with van der Waals surface area (Å²) in [4.78, 5) is 12.9. The van der Waals surface area contributed by atoms with Crippen molar-refractivity contribution in [3.8, 4) is 5.75 Å². The van der Waals surface area contributed by atoms with Crippen LogP contribution in [0.3, 0.4) is 0 Å². The van der Waals surface area contributed by atoms with Crippen LogP contribution in [0.5, 0.6) is 5.75 Å². The number of carbonyl (C=O) groups is 1. The number of hydrogen-bond donors (Lipinski definition) is 2. The first-order valence-electron chi connectivity index (χ1n) is 9.47. The highest BCUT2D eigenvalue weighted by Crippen LogP contribution is 2.32. The molecular formula is C20H30ClFN2O3. The lowest BCUT2D eigenvalue weighted by atomic mass is 9.78. The van der Waals surface area contributed by atoms with E-state index in [1.807, 2.05) is 13.0 Å². The number of piperidine rings is 1. The lowest BCUT2D eigenvalue weighted by molar-refractivity contribution is -0.136. The summed E-state index contributed by atoms with van der Waals surface area (Å²) in [6.07, 6.45) is 3.81. The molecule has 1 amide bonds. The fourth-order valence-corrected chi connectivity index (χ4v) is 3.45. The van der Waals surface area contributed by atoms with Crippen molar-refractivity contribution < 1.29 is 18.7 Å². The van der Waals surface area contributed by atoms with Crippen LogP contribution < -0.4 is 15.4 Å². The first-order chi connectivity index (χ1) is 12.5. The standard InChI is InChI=1S/C20H29FN2O3.ClH/c1-14(23-19(24)20(13-25-2)7-9-22-10-8-20)16-5-6-18(17(21)11-16)26-12-15-3-4-15;/h5-6,11,14-15,22H,3-4,7-10,12-13H2,1-2H3,(H,23,24);1H. The van der Waals surface area contributed by atoms with Gasteiger partial charge in [-0.1, -0.05) is 6.07 Å². The molecule has 1 atom stereocenters. The van der Waals surface area contributed by atoms with Gasteiger partial charge in [0, 0.05) is 7.11 Å².